The Kier molecular flexibility index (Phi) is 3.31. The molecule has 2 rings (SSSR count). The predicted octanol–water partition coefficient (Wildman–Crippen LogP) is 2.99. The van der Waals surface area contributed by atoms with Crippen LogP contribution in [0.1, 0.15) is 5.69 Å². The lowest BCUT2D eigenvalue weighted by atomic mass is 10.4. The maximum atomic E-state index is 12.3. The Bertz CT molecular complexity index is 619. The zero-order valence-electron chi connectivity index (χ0n) is 9.09. The van der Waals surface area contributed by atoms with E-state index in [1.165, 1.54) is 6.07 Å². The van der Waals surface area contributed by atoms with Crippen molar-refractivity contribution < 1.29 is 8.42 Å². The second kappa shape index (κ2) is 4.58. The van der Waals surface area contributed by atoms with E-state index in [4.69, 9.17) is 0 Å². The van der Waals surface area contributed by atoms with E-state index in [0.717, 1.165) is 0 Å². The van der Waals surface area contributed by atoms with Crippen molar-refractivity contribution in [2.24, 2.45) is 0 Å². The van der Waals surface area contributed by atoms with Gasteiger partial charge in [-0.15, -0.1) is 0 Å². The van der Waals surface area contributed by atoms with Gasteiger partial charge in [0.2, 0.25) is 9.84 Å². The smallest absolute Gasteiger partial charge is 0.206 e. The van der Waals surface area contributed by atoms with Crippen LogP contribution in [0.3, 0.4) is 0 Å². The van der Waals surface area contributed by atoms with Crippen LogP contribution in [0.25, 0.3) is 0 Å². The number of hydrogen-bond acceptors (Lipinski definition) is 3. The third-order valence-corrected chi connectivity index (χ3v) is 4.41. The largest absolute Gasteiger partial charge is 0.246 e. The van der Waals surface area contributed by atoms with Gasteiger partial charge in [-0.1, -0.05) is 18.2 Å². The zero-order valence-corrected chi connectivity index (χ0v) is 11.5. The summed E-state index contributed by atoms with van der Waals surface area (Å²) in [7, 11) is -3.45. The SMILES string of the molecule is Cc1cc(S(=O)(=O)c2ccccc2)cc(Br)n1. The van der Waals surface area contributed by atoms with Gasteiger partial charge in [-0.3, -0.25) is 0 Å². The van der Waals surface area contributed by atoms with Gasteiger partial charge in [-0.2, -0.15) is 0 Å². The molecule has 0 amide bonds. The molecular formula is C12H10BrNO2S. The summed E-state index contributed by atoms with van der Waals surface area (Å²) in [6, 6.07) is 11.4. The van der Waals surface area contributed by atoms with Crippen molar-refractivity contribution in [3.8, 4) is 0 Å². The van der Waals surface area contributed by atoms with Crippen molar-refractivity contribution >= 4 is 25.8 Å². The van der Waals surface area contributed by atoms with Crippen molar-refractivity contribution in [2.45, 2.75) is 16.7 Å². The normalized spacial score (nSPS) is 11.4. The van der Waals surface area contributed by atoms with Gasteiger partial charge in [0.25, 0.3) is 0 Å². The molecule has 0 aliphatic heterocycles. The molecule has 0 atom stereocenters. The van der Waals surface area contributed by atoms with Crippen LogP contribution in [0.4, 0.5) is 0 Å². The van der Waals surface area contributed by atoms with Crippen molar-refractivity contribution in [1.29, 1.82) is 0 Å². The molecule has 88 valence electrons. The van der Waals surface area contributed by atoms with Gasteiger partial charge in [0.1, 0.15) is 4.60 Å². The van der Waals surface area contributed by atoms with E-state index in [0.29, 0.717) is 10.3 Å². The van der Waals surface area contributed by atoms with Gasteiger partial charge in [0, 0.05) is 5.69 Å². The first kappa shape index (κ1) is 12.3. The summed E-state index contributed by atoms with van der Waals surface area (Å²) < 4.78 is 25.1. The van der Waals surface area contributed by atoms with Crippen LogP contribution in [0.15, 0.2) is 56.9 Å². The summed E-state index contributed by atoms with van der Waals surface area (Å²) in [4.78, 5) is 4.64. The van der Waals surface area contributed by atoms with Gasteiger partial charge in [-0.25, -0.2) is 13.4 Å². The Hall–Kier alpha value is -1.20. The topological polar surface area (TPSA) is 47.0 Å². The highest BCUT2D eigenvalue weighted by Crippen LogP contribution is 2.23. The van der Waals surface area contributed by atoms with Crippen LogP contribution in [0, 0.1) is 6.92 Å². The summed E-state index contributed by atoms with van der Waals surface area (Å²) in [6.45, 7) is 1.76. The Labute approximate surface area is 109 Å². The molecule has 0 spiro atoms. The van der Waals surface area contributed by atoms with Gasteiger partial charge in [0.05, 0.1) is 9.79 Å². The third kappa shape index (κ3) is 2.56. The quantitative estimate of drug-likeness (QED) is 0.801. The molecule has 0 aliphatic carbocycles. The van der Waals surface area contributed by atoms with E-state index in [2.05, 4.69) is 20.9 Å². The van der Waals surface area contributed by atoms with Crippen LogP contribution in [0.2, 0.25) is 0 Å². The van der Waals surface area contributed by atoms with Crippen LogP contribution < -0.4 is 0 Å². The van der Waals surface area contributed by atoms with Crippen LogP contribution in [-0.2, 0) is 9.84 Å². The average Bonchev–Trinajstić information content (AvgIpc) is 2.29. The molecule has 0 bridgehead atoms. The molecule has 0 unspecified atom stereocenters. The van der Waals surface area contributed by atoms with E-state index < -0.39 is 9.84 Å². The highest BCUT2D eigenvalue weighted by atomic mass is 79.9. The van der Waals surface area contributed by atoms with Crippen molar-refractivity contribution in [3.63, 3.8) is 0 Å². The lowest BCUT2D eigenvalue weighted by molar-refractivity contribution is 0.595. The summed E-state index contributed by atoms with van der Waals surface area (Å²) >= 11 is 3.20. The number of rotatable bonds is 2. The second-order valence-electron chi connectivity index (χ2n) is 3.58. The first-order chi connectivity index (χ1) is 8.00. The van der Waals surface area contributed by atoms with Crippen LogP contribution in [-0.4, -0.2) is 13.4 Å². The molecule has 0 aliphatic rings. The number of hydrogen-bond donors (Lipinski definition) is 0. The number of benzene rings is 1. The average molecular weight is 312 g/mol. The van der Waals surface area contributed by atoms with Crippen LogP contribution in [0.5, 0.6) is 0 Å². The van der Waals surface area contributed by atoms with E-state index in [-0.39, 0.29) is 9.79 Å². The Balaban J connectivity index is 2.60. The molecule has 0 saturated carbocycles. The monoisotopic (exact) mass is 311 g/mol. The maximum absolute atomic E-state index is 12.3. The van der Waals surface area contributed by atoms with E-state index in [9.17, 15) is 8.42 Å². The molecule has 17 heavy (non-hydrogen) atoms. The molecule has 1 heterocycles. The molecule has 1 aromatic heterocycles. The minimum atomic E-state index is -3.45. The number of pyridine rings is 1. The predicted molar refractivity (Wildman–Crippen MR) is 68.6 cm³/mol. The first-order valence-electron chi connectivity index (χ1n) is 4.94. The Morgan fingerprint density at radius 1 is 1.06 bits per heavy atom. The lowest BCUT2D eigenvalue weighted by Gasteiger charge is -2.05. The molecular weight excluding hydrogens is 302 g/mol. The van der Waals surface area contributed by atoms with E-state index in [1.807, 2.05) is 0 Å². The van der Waals surface area contributed by atoms with Gasteiger partial charge >= 0.3 is 0 Å². The lowest BCUT2D eigenvalue weighted by Crippen LogP contribution is -2.03. The molecule has 0 radical (unpaired) electrons. The highest BCUT2D eigenvalue weighted by Gasteiger charge is 2.18. The highest BCUT2D eigenvalue weighted by molar-refractivity contribution is 9.10. The number of sulfone groups is 1. The van der Waals surface area contributed by atoms with Gasteiger partial charge < -0.3 is 0 Å². The fourth-order valence-electron chi connectivity index (χ4n) is 1.49. The fourth-order valence-corrected chi connectivity index (χ4v) is 3.55. The molecule has 0 saturated heterocycles. The van der Waals surface area contributed by atoms with Crippen molar-refractivity contribution in [3.05, 3.63) is 52.8 Å². The van der Waals surface area contributed by atoms with Gasteiger partial charge in [0.15, 0.2) is 0 Å². The fraction of sp³-hybridized carbons (Fsp3) is 0.0833. The summed E-state index contributed by atoms with van der Waals surface area (Å²) in [5, 5.41) is 0. The van der Waals surface area contributed by atoms with E-state index >= 15 is 0 Å². The number of aromatic nitrogens is 1. The molecule has 0 N–H and O–H groups in total. The zero-order chi connectivity index (χ0) is 12.5. The Morgan fingerprint density at radius 2 is 1.71 bits per heavy atom. The van der Waals surface area contributed by atoms with E-state index in [1.54, 1.807) is 43.3 Å². The second-order valence-corrected chi connectivity index (χ2v) is 6.35. The number of halogens is 1. The number of aryl methyl sites for hydroxylation is 1. The third-order valence-electron chi connectivity index (χ3n) is 2.26. The molecule has 3 nitrogen and oxygen atoms in total. The summed E-state index contributed by atoms with van der Waals surface area (Å²) in [6.07, 6.45) is 0. The first-order valence-corrected chi connectivity index (χ1v) is 7.22. The number of nitrogens with zero attached hydrogens (tertiary/aromatic N) is 1. The minimum absolute atomic E-state index is 0.253. The van der Waals surface area contributed by atoms with Crippen LogP contribution >= 0.6 is 15.9 Å². The molecule has 1 aromatic carbocycles. The molecule has 2 aromatic rings. The minimum Gasteiger partial charge on any atom is -0.246 e. The van der Waals surface area contributed by atoms with Gasteiger partial charge in [-0.05, 0) is 47.1 Å². The summed E-state index contributed by atoms with van der Waals surface area (Å²) in [5.74, 6) is 0. The van der Waals surface area contributed by atoms with Crippen molar-refractivity contribution in [2.75, 3.05) is 0 Å². The standard InChI is InChI=1S/C12H10BrNO2S/c1-9-7-11(8-12(13)14-9)17(15,16)10-5-3-2-4-6-10/h2-8H,1H3. The maximum Gasteiger partial charge on any atom is 0.206 e. The van der Waals surface area contributed by atoms with Crippen molar-refractivity contribution in [1.82, 2.24) is 4.98 Å². The Morgan fingerprint density at radius 3 is 2.29 bits per heavy atom. The molecule has 0 fully saturated rings. The summed E-state index contributed by atoms with van der Waals surface area (Å²) in [5.41, 5.74) is 0.661. The molecule has 5 heteroatoms.